The van der Waals surface area contributed by atoms with Crippen LogP contribution in [-0.2, 0) is 11.3 Å². The molecule has 1 saturated heterocycles. The largest absolute Gasteiger partial charge is 0.377 e. The summed E-state index contributed by atoms with van der Waals surface area (Å²) in [5.41, 5.74) is 1.19. The predicted octanol–water partition coefficient (Wildman–Crippen LogP) is 0.923. The van der Waals surface area contributed by atoms with Crippen LogP contribution in [0.4, 0.5) is 0 Å². The number of hydrogen-bond donors (Lipinski definition) is 2. The average molecular weight is 195 g/mol. The number of nitrogens with zero attached hydrogens (tertiary/aromatic N) is 1. The quantitative estimate of drug-likeness (QED) is 0.754. The smallest absolute Gasteiger partial charge is 0.0627 e. The minimum atomic E-state index is 0.372. The minimum absolute atomic E-state index is 0.372. The van der Waals surface area contributed by atoms with Crippen molar-refractivity contribution >= 4 is 0 Å². The molecule has 4 heteroatoms. The number of hydrogen-bond acceptors (Lipinski definition) is 3. The first-order valence-electron chi connectivity index (χ1n) is 5.10. The third-order valence-corrected chi connectivity index (χ3v) is 3.04. The molecule has 0 spiro atoms. The Morgan fingerprint density at radius 3 is 3.07 bits per heavy atom. The molecule has 0 radical (unpaired) electrons. The zero-order valence-corrected chi connectivity index (χ0v) is 8.66. The summed E-state index contributed by atoms with van der Waals surface area (Å²) in [6.07, 6.45) is 4.13. The molecule has 1 aliphatic heterocycles. The fourth-order valence-electron chi connectivity index (χ4n) is 1.75. The van der Waals surface area contributed by atoms with Crippen LogP contribution in [0.2, 0.25) is 0 Å². The fraction of sp³-hybridized carbons (Fsp3) is 0.700. The van der Waals surface area contributed by atoms with Crippen LogP contribution in [0.3, 0.4) is 0 Å². The van der Waals surface area contributed by atoms with E-state index in [1.165, 1.54) is 5.56 Å². The summed E-state index contributed by atoms with van der Waals surface area (Å²) < 4.78 is 5.56. The molecule has 2 heterocycles. The summed E-state index contributed by atoms with van der Waals surface area (Å²) in [4.78, 5) is 0. The summed E-state index contributed by atoms with van der Waals surface area (Å²) >= 11 is 0. The second kappa shape index (κ2) is 4.11. The van der Waals surface area contributed by atoms with E-state index in [9.17, 15) is 0 Å². The Balaban J connectivity index is 1.81. The fourth-order valence-corrected chi connectivity index (χ4v) is 1.75. The van der Waals surface area contributed by atoms with Crippen molar-refractivity contribution in [1.29, 1.82) is 0 Å². The van der Waals surface area contributed by atoms with Gasteiger partial charge in [-0.25, -0.2) is 0 Å². The van der Waals surface area contributed by atoms with Crippen LogP contribution in [0, 0.1) is 5.92 Å². The number of rotatable bonds is 3. The Labute approximate surface area is 84.0 Å². The lowest BCUT2D eigenvalue weighted by atomic mass is 10.0. The monoisotopic (exact) mass is 195 g/mol. The molecule has 4 nitrogen and oxygen atoms in total. The third kappa shape index (κ3) is 1.96. The molecule has 1 fully saturated rings. The van der Waals surface area contributed by atoms with Gasteiger partial charge in [-0.15, -0.1) is 0 Å². The Kier molecular flexibility index (Phi) is 2.84. The molecule has 1 aromatic rings. The van der Waals surface area contributed by atoms with Crippen molar-refractivity contribution in [2.24, 2.45) is 5.92 Å². The standard InChI is InChI=1S/C10H17N3O/c1-7-8(2)14-6-10(7)11-3-9-4-12-13-5-9/h4-5,7-8,10-11H,3,6H2,1-2H3,(H,12,13). The summed E-state index contributed by atoms with van der Waals surface area (Å²) in [5.74, 6) is 0.585. The van der Waals surface area contributed by atoms with Crippen LogP contribution in [0.25, 0.3) is 0 Å². The van der Waals surface area contributed by atoms with E-state index in [0.717, 1.165) is 13.2 Å². The van der Waals surface area contributed by atoms with Crippen LogP contribution in [-0.4, -0.2) is 29.0 Å². The topological polar surface area (TPSA) is 49.9 Å². The SMILES string of the molecule is CC1OCC(NCc2cn[nH]c2)C1C. The van der Waals surface area contributed by atoms with Gasteiger partial charge in [0.2, 0.25) is 0 Å². The van der Waals surface area contributed by atoms with Gasteiger partial charge in [0.1, 0.15) is 0 Å². The molecule has 3 atom stereocenters. The molecule has 1 aliphatic rings. The van der Waals surface area contributed by atoms with Crippen molar-refractivity contribution in [3.8, 4) is 0 Å². The minimum Gasteiger partial charge on any atom is -0.377 e. The normalized spacial score (nSPS) is 32.3. The van der Waals surface area contributed by atoms with Crippen LogP contribution >= 0.6 is 0 Å². The Hall–Kier alpha value is -0.870. The van der Waals surface area contributed by atoms with E-state index in [1.54, 1.807) is 0 Å². The van der Waals surface area contributed by atoms with Crippen molar-refractivity contribution in [3.05, 3.63) is 18.0 Å². The first-order chi connectivity index (χ1) is 6.77. The van der Waals surface area contributed by atoms with Gasteiger partial charge in [0.15, 0.2) is 0 Å². The maximum Gasteiger partial charge on any atom is 0.0627 e. The Bertz CT molecular complexity index is 273. The van der Waals surface area contributed by atoms with Gasteiger partial charge < -0.3 is 10.1 Å². The van der Waals surface area contributed by atoms with Gasteiger partial charge in [0.05, 0.1) is 18.9 Å². The molecule has 1 aromatic heterocycles. The highest BCUT2D eigenvalue weighted by Gasteiger charge is 2.29. The average Bonchev–Trinajstić information content (AvgIpc) is 2.77. The van der Waals surface area contributed by atoms with Crippen LogP contribution in [0.15, 0.2) is 12.4 Å². The van der Waals surface area contributed by atoms with Crippen molar-refractivity contribution in [1.82, 2.24) is 15.5 Å². The third-order valence-electron chi connectivity index (χ3n) is 3.04. The molecule has 2 rings (SSSR count). The number of nitrogens with one attached hydrogen (secondary N) is 2. The van der Waals surface area contributed by atoms with Crippen molar-refractivity contribution < 1.29 is 4.74 Å². The van der Waals surface area contributed by atoms with E-state index >= 15 is 0 Å². The van der Waals surface area contributed by atoms with E-state index in [1.807, 2.05) is 12.4 Å². The molecular weight excluding hydrogens is 178 g/mol. The van der Waals surface area contributed by atoms with Crippen LogP contribution in [0.5, 0.6) is 0 Å². The van der Waals surface area contributed by atoms with E-state index in [2.05, 4.69) is 29.4 Å². The number of H-pyrrole nitrogens is 1. The van der Waals surface area contributed by atoms with Gasteiger partial charge in [0.25, 0.3) is 0 Å². The predicted molar refractivity (Wildman–Crippen MR) is 53.8 cm³/mol. The van der Waals surface area contributed by atoms with Gasteiger partial charge in [0, 0.05) is 24.3 Å². The van der Waals surface area contributed by atoms with Gasteiger partial charge >= 0.3 is 0 Å². The first kappa shape index (κ1) is 9.68. The van der Waals surface area contributed by atoms with Crippen molar-refractivity contribution in [3.63, 3.8) is 0 Å². The lowest BCUT2D eigenvalue weighted by Gasteiger charge is -2.16. The molecule has 0 bridgehead atoms. The second-order valence-electron chi connectivity index (χ2n) is 3.99. The number of ether oxygens (including phenoxy) is 1. The molecule has 0 aliphatic carbocycles. The van der Waals surface area contributed by atoms with Gasteiger partial charge in [-0.3, -0.25) is 5.10 Å². The lowest BCUT2D eigenvalue weighted by molar-refractivity contribution is 0.108. The molecule has 0 amide bonds. The Morgan fingerprint density at radius 1 is 1.64 bits per heavy atom. The summed E-state index contributed by atoms with van der Waals surface area (Å²) in [6, 6.07) is 0.472. The highest BCUT2D eigenvalue weighted by atomic mass is 16.5. The molecule has 78 valence electrons. The summed E-state index contributed by atoms with van der Waals surface area (Å²) in [7, 11) is 0. The maximum absolute atomic E-state index is 5.56. The zero-order chi connectivity index (χ0) is 9.97. The van der Waals surface area contributed by atoms with E-state index in [0.29, 0.717) is 18.1 Å². The van der Waals surface area contributed by atoms with Crippen LogP contribution in [0.1, 0.15) is 19.4 Å². The maximum atomic E-state index is 5.56. The highest BCUT2D eigenvalue weighted by Crippen LogP contribution is 2.20. The molecular formula is C10H17N3O. The summed E-state index contributed by atoms with van der Waals surface area (Å²) in [5, 5.41) is 10.2. The zero-order valence-electron chi connectivity index (χ0n) is 8.66. The number of aromatic nitrogens is 2. The van der Waals surface area contributed by atoms with E-state index in [4.69, 9.17) is 4.74 Å². The van der Waals surface area contributed by atoms with E-state index < -0.39 is 0 Å². The van der Waals surface area contributed by atoms with Crippen molar-refractivity contribution in [2.45, 2.75) is 32.5 Å². The highest BCUT2D eigenvalue weighted by molar-refractivity contribution is 5.02. The van der Waals surface area contributed by atoms with Gasteiger partial charge in [-0.1, -0.05) is 6.92 Å². The van der Waals surface area contributed by atoms with Crippen LogP contribution < -0.4 is 5.32 Å². The first-order valence-corrected chi connectivity index (χ1v) is 5.10. The summed E-state index contributed by atoms with van der Waals surface area (Å²) in [6.45, 7) is 6.04. The van der Waals surface area contributed by atoms with Gasteiger partial charge in [-0.2, -0.15) is 5.10 Å². The molecule has 3 unspecified atom stereocenters. The molecule has 0 aromatic carbocycles. The second-order valence-corrected chi connectivity index (χ2v) is 3.99. The molecule has 2 N–H and O–H groups in total. The van der Waals surface area contributed by atoms with Gasteiger partial charge in [-0.05, 0) is 12.8 Å². The molecule has 0 saturated carbocycles. The molecule has 14 heavy (non-hydrogen) atoms. The van der Waals surface area contributed by atoms with E-state index in [-0.39, 0.29) is 0 Å². The lowest BCUT2D eigenvalue weighted by Crippen LogP contribution is -2.34. The Morgan fingerprint density at radius 2 is 2.50 bits per heavy atom. The number of aromatic amines is 1. The van der Waals surface area contributed by atoms with Crippen molar-refractivity contribution in [2.75, 3.05) is 6.61 Å².